The first-order valence-electron chi connectivity index (χ1n) is 8.08. The van der Waals surface area contributed by atoms with E-state index in [1.165, 1.54) is 35.8 Å². The zero-order valence-corrected chi connectivity index (χ0v) is 14.9. The Morgan fingerprint density at radius 2 is 1.93 bits per heavy atom. The zero-order chi connectivity index (χ0) is 20.6. The maximum atomic E-state index is 12.5. The summed E-state index contributed by atoms with van der Waals surface area (Å²) in [5, 5.41) is 5.92. The number of rotatable bonds is 5. The van der Waals surface area contributed by atoms with Gasteiger partial charge in [0, 0.05) is 26.8 Å². The van der Waals surface area contributed by atoms with Crippen molar-refractivity contribution in [3.8, 4) is 0 Å². The third-order valence-electron chi connectivity index (χ3n) is 4.13. The molecule has 0 aliphatic carbocycles. The highest BCUT2D eigenvalue weighted by molar-refractivity contribution is 5.78. The van der Waals surface area contributed by atoms with Crippen LogP contribution in [0.5, 0.6) is 0 Å². The number of aryl methyl sites for hydroxylation is 1. The molecule has 10 nitrogen and oxygen atoms in total. The largest absolute Gasteiger partial charge is 0.435 e. The van der Waals surface area contributed by atoms with E-state index in [9.17, 15) is 27.6 Å². The fourth-order valence-electron chi connectivity index (χ4n) is 2.67. The number of amides is 1. The summed E-state index contributed by atoms with van der Waals surface area (Å²) < 4.78 is 42.0. The molecule has 3 aromatic heterocycles. The Hall–Kier alpha value is -3.38. The lowest BCUT2D eigenvalue weighted by atomic mass is 10.4. The molecular weight excluding hydrogens is 383 g/mol. The fraction of sp³-hybridized carbons (Fsp3) is 0.400. The summed E-state index contributed by atoms with van der Waals surface area (Å²) in [5.74, 6) is -0.474. The SMILES string of the molecule is Cn1c(=O)c2c(ncn2CC(=O)NCCn2ccc(C(F)(F)F)n2)n(C)c1=O. The van der Waals surface area contributed by atoms with E-state index >= 15 is 0 Å². The number of imidazole rings is 1. The highest BCUT2D eigenvalue weighted by Gasteiger charge is 2.33. The summed E-state index contributed by atoms with van der Waals surface area (Å²) in [5.41, 5.74) is -1.88. The number of nitrogens with zero attached hydrogens (tertiary/aromatic N) is 6. The minimum Gasteiger partial charge on any atom is -0.353 e. The van der Waals surface area contributed by atoms with Gasteiger partial charge < -0.3 is 9.88 Å². The second-order valence-electron chi connectivity index (χ2n) is 6.06. The van der Waals surface area contributed by atoms with Crippen molar-refractivity contribution in [3.63, 3.8) is 0 Å². The maximum absolute atomic E-state index is 12.5. The van der Waals surface area contributed by atoms with Crippen LogP contribution in [0.3, 0.4) is 0 Å². The van der Waals surface area contributed by atoms with E-state index in [2.05, 4.69) is 15.4 Å². The van der Waals surface area contributed by atoms with Gasteiger partial charge in [-0.2, -0.15) is 18.3 Å². The molecule has 3 rings (SSSR count). The molecule has 0 aliphatic heterocycles. The topological polar surface area (TPSA) is 109 Å². The van der Waals surface area contributed by atoms with Crippen molar-refractivity contribution >= 4 is 17.1 Å². The van der Waals surface area contributed by atoms with Gasteiger partial charge >= 0.3 is 11.9 Å². The lowest BCUT2D eigenvalue weighted by Gasteiger charge is -2.08. The third-order valence-corrected chi connectivity index (χ3v) is 4.13. The molecule has 3 aromatic rings. The van der Waals surface area contributed by atoms with E-state index in [1.54, 1.807) is 0 Å². The van der Waals surface area contributed by atoms with Crippen molar-refractivity contribution in [1.29, 1.82) is 0 Å². The average Bonchev–Trinajstić information content (AvgIpc) is 3.25. The molecule has 0 spiro atoms. The molecule has 1 N–H and O–H groups in total. The maximum Gasteiger partial charge on any atom is 0.435 e. The first kappa shape index (κ1) is 19.4. The number of aromatic nitrogens is 6. The molecule has 0 saturated carbocycles. The molecule has 0 saturated heterocycles. The summed E-state index contributed by atoms with van der Waals surface area (Å²) in [7, 11) is 2.78. The second-order valence-corrected chi connectivity index (χ2v) is 6.06. The van der Waals surface area contributed by atoms with Crippen LogP contribution in [0.1, 0.15) is 5.69 Å². The summed E-state index contributed by atoms with van der Waals surface area (Å²) >= 11 is 0. The van der Waals surface area contributed by atoms with Crippen molar-refractivity contribution in [1.82, 2.24) is 33.8 Å². The van der Waals surface area contributed by atoms with Gasteiger partial charge in [-0.25, -0.2) is 9.78 Å². The Balaban J connectivity index is 1.67. The van der Waals surface area contributed by atoms with Crippen molar-refractivity contribution in [2.75, 3.05) is 6.54 Å². The first-order chi connectivity index (χ1) is 13.1. The Kier molecular flexibility index (Phi) is 4.83. The van der Waals surface area contributed by atoms with Crippen LogP contribution < -0.4 is 16.6 Å². The molecule has 28 heavy (non-hydrogen) atoms. The Labute approximate surface area is 154 Å². The van der Waals surface area contributed by atoms with Crippen LogP contribution in [0.2, 0.25) is 0 Å². The number of carbonyl (C=O) groups is 1. The van der Waals surface area contributed by atoms with Gasteiger partial charge in [-0.3, -0.25) is 23.4 Å². The van der Waals surface area contributed by atoms with Gasteiger partial charge in [0.25, 0.3) is 5.56 Å². The molecule has 0 radical (unpaired) electrons. The van der Waals surface area contributed by atoms with E-state index in [-0.39, 0.29) is 30.8 Å². The molecule has 0 aliphatic rings. The van der Waals surface area contributed by atoms with Crippen molar-refractivity contribution < 1.29 is 18.0 Å². The van der Waals surface area contributed by atoms with Gasteiger partial charge in [-0.15, -0.1) is 0 Å². The predicted molar refractivity (Wildman–Crippen MR) is 90.5 cm³/mol. The van der Waals surface area contributed by atoms with Crippen molar-refractivity contribution in [2.24, 2.45) is 14.1 Å². The molecule has 3 heterocycles. The van der Waals surface area contributed by atoms with Gasteiger partial charge in [0.15, 0.2) is 16.9 Å². The van der Waals surface area contributed by atoms with Gasteiger partial charge in [0.1, 0.15) is 6.54 Å². The molecule has 0 unspecified atom stereocenters. The van der Waals surface area contributed by atoms with E-state index in [4.69, 9.17) is 0 Å². The van der Waals surface area contributed by atoms with Gasteiger partial charge in [-0.1, -0.05) is 0 Å². The second kappa shape index (κ2) is 6.98. The quantitative estimate of drug-likeness (QED) is 0.620. The summed E-state index contributed by atoms with van der Waals surface area (Å²) in [6.07, 6.45) is -2.08. The number of halogens is 3. The molecule has 0 fully saturated rings. The fourth-order valence-corrected chi connectivity index (χ4v) is 2.67. The molecular formula is C15H16F3N7O3. The third kappa shape index (κ3) is 3.54. The Morgan fingerprint density at radius 1 is 1.21 bits per heavy atom. The van der Waals surface area contributed by atoms with Crippen molar-refractivity contribution in [2.45, 2.75) is 19.3 Å². The average molecular weight is 399 g/mol. The minimum absolute atomic E-state index is 0.0426. The lowest BCUT2D eigenvalue weighted by molar-refractivity contribution is -0.141. The molecule has 0 atom stereocenters. The lowest BCUT2D eigenvalue weighted by Crippen LogP contribution is -2.38. The van der Waals surface area contributed by atoms with Crippen LogP contribution in [0.25, 0.3) is 11.2 Å². The number of hydrogen-bond acceptors (Lipinski definition) is 5. The molecule has 150 valence electrons. The van der Waals surface area contributed by atoms with Gasteiger partial charge in [0.05, 0.1) is 12.9 Å². The van der Waals surface area contributed by atoms with Crippen LogP contribution in [0.4, 0.5) is 13.2 Å². The summed E-state index contributed by atoms with van der Waals surface area (Å²) in [6, 6.07) is 0.847. The van der Waals surface area contributed by atoms with Crippen LogP contribution in [-0.4, -0.2) is 40.9 Å². The van der Waals surface area contributed by atoms with Gasteiger partial charge in [0.2, 0.25) is 5.91 Å². The summed E-state index contributed by atoms with van der Waals surface area (Å²) in [4.78, 5) is 40.3. The number of nitrogens with one attached hydrogen (secondary N) is 1. The highest BCUT2D eigenvalue weighted by atomic mass is 19.4. The van der Waals surface area contributed by atoms with Crippen LogP contribution >= 0.6 is 0 Å². The molecule has 13 heteroatoms. The van der Waals surface area contributed by atoms with Crippen LogP contribution in [0, 0.1) is 0 Å². The molecule has 0 aromatic carbocycles. The number of alkyl halides is 3. The Morgan fingerprint density at radius 3 is 2.57 bits per heavy atom. The highest BCUT2D eigenvalue weighted by Crippen LogP contribution is 2.27. The summed E-state index contributed by atoms with van der Waals surface area (Å²) in [6.45, 7) is -0.152. The number of fused-ring (bicyclic) bond motifs is 1. The first-order valence-corrected chi connectivity index (χ1v) is 8.08. The van der Waals surface area contributed by atoms with E-state index in [0.29, 0.717) is 0 Å². The van der Waals surface area contributed by atoms with Crippen LogP contribution in [0.15, 0.2) is 28.2 Å². The zero-order valence-electron chi connectivity index (χ0n) is 14.9. The standard InChI is InChI=1S/C15H16F3N7O3/c1-22-12-11(13(27)23(2)14(22)28)24(8-20-12)7-10(26)19-4-6-25-5-3-9(21-25)15(16,17)18/h3,5,8H,4,6-7H2,1-2H3,(H,19,26). The van der Waals surface area contributed by atoms with E-state index < -0.39 is 29.0 Å². The monoisotopic (exact) mass is 399 g/mol. The van der Waals surface area contributed by atoms with Gasteiger partial charge in [-0.05, 0) is 6.07 Å². The smallest absolute Gasteiger partial charge is 0.353 e. The van der Waals surface area contributed by atoms with Crippen LogP contribution in [-0.2, 0) is 38.2 Å². The van der Waals surface area contributed by atoms with E-state index in [1.807, 2.05) is 0 Å². The molecule has 0 bridgehead atoms. The predicted octanol–water partition coefficient (Wildman–Crippen LogP) is -0.535. The Bertz CT molecular complexity index is 1150. The molecule has 1 amide bonds. The van der Waals surface area contributed by atoms with E-state index in [0.717, 1.165) is 15.3 Å². The minimum atomic E-state index is -4.52. The normalized spacial score (nSPS) is 11.9. The van der Waals surface area contributed by atoms with Crippen molar-refractivity contribution in [3.05, 3.63) is 45.1 Å². The number of hydrogen-bond donors (Lipinski definition) is 1. The number of carbonyl (C=O) groups excluding carboxylic acids is 1.